The van der Waals surface area contributed by atoms with Crippen LogP contribution in [0.4, 0.5) is 0 Å². The lowest BCUT2D eigenvalue weighted by molar-refractivity contribution is 0.304. The Morgan fingerprint density at radius 1 is 1.11 bits per heavy atom. The molecule has 0 spiro atoms. The van der Waals surface area contributed by atoms with Gasteiger partial charge in [-0.3, -0.25) is 0 Å². The fraction of sp³-hybridized carbons (Fsp3) is 0.533. The van der Waals surface area contributed by atoms with E-state index in [-0.39, 0.29) is 0 Å². The van der Waals surface area contributed by atoms with Crippen molar-refractivity contribution in [1.29, 1.82) is 0 Å². The van der Waals surface area contributed by atoms with Crippen molar-refractivity contribution in [3.05, 3.63) is 29.8 Å². The molecule has 0 aliphatic carbocycles. The van der Waals surface area contributed by atoms with E-state index in [1.807, 2.05) is 24.3 Å². The average molecular weight is 265 g/mol. The van der Waals surface area contributed by atoms with Gasteiger partial charge in [-0.25, -0.2) is 0 Å². The minimum Gasteiger partial charge on any atom is -0.493 e. The monoisotopic (exact) mass is 265 g/mol. The number of benzene rings is 1. The molecule has 0 saturated carbocycles. The van der Waals surface area contributed by atoms with Gasteiger partial charge in [0.05, 0.1) is 12.2 Å². The number of nitrogens with two attached hydrogens (primary N) is 1. The molecule has 0 aromatic heterocycles. The van der Waals surface area contributed by atoms with Crippen LogP contribution in [0.5, 0.6) is 5.75 Å². The predicted octanol–water partition coefficient (Wildman–Crippen LogP) is 4.06. The Hall–Kier alpha value is -1.09. The summed E-state index contributed by atoms with van der Waals surface area (Å²) in [6, 6.07) is 7.69. The highest BCUT2D eigenvalue weighted by molar-refractivity contribution is 7.80. The predicted molar refractivity (Wildman–Crippen MR) is 81.2 cm³/mol. The third-order valence-corrected chi connectivity index (χ3v) is 3.13. The lowest BCUT2D eigenvalue weighted by Gasteiger charge is -2.10. The standard InChI is InChI=1S/C15H23NOS/c1-2-3-4-5-6-9-12-17-14-11-8-7-10-13(14)15(16)18/h7-8,10-11H,2-6,9,12H2,1H3,(H2,16,18). The van der Waals surface area contributed by atoms with Crippen molar-refractivity contribution in [3.63, 3.8) is 0 Å². The molecule has 0 unspecified atom stereocenters. The Morgan fingerprint density at radius 3 is 2.50 bits per heavy atom. The topological polar surface area (TPSA) is 35.2 Å². The molecule has 18 heavy (non-hydrogen) atoms. The van der Waals surface area contributed by atoms with E-state index in [1.165, 1.54) is 32.1 Å². The SMILES string of the molecule is CCCCCCCCOc1ccccc1C(N)=S. The van der Waals surface area contributed by atoms with Crippen LogP contribution in [0, 0.1) is 0 Å². The maximum atomic E-state index is 5.74. The van der Waals surface area contributed by atoms with Crippen molar-refractivity contribution in [1.82, 2.24) is 0 Å². The number of ether oxygens (including phenoxy) is 1. The molecular weight excluding hydrogens is 242 g/mol. The minimum atomic E-state index is 0.397. The molecule has 2 nitrogen and oxygen atoms in total. The molecule has 0 aliphatic rings. The van der Waals surface area contributed by atoms with E-state index in [0.717, 1.165) is 24.3 Å². The first-order valence-corrected chi connectivity index (χ1v) is 7.18. The van der Waals surface area contributed by atoms with Crippen molar-refractivity contribution in [2.75, 3.05) is 6.61 Å². The van der Waals surface area contributed by atoms with Crippen LogP contribution < -0.4 is 10.5 Å². The van der Waals surface area contributed by atoms with Gasteiger partial charge < -0.3 is 10.5 Å². The maximum Gasteiger partial charge on any atom is 0.129 e. The quantitative estimate of drug-likeness (QED) is 0.540. The van der Waals surface area contributed by atoms with Gasteiger partial charge in [-0.15, -0.1) is 0 Å². The first kappa shape index (κ1) is 15.0. The van der Waals surface area contributed by atoms with Crippen LogP contribution in [0.1, 0.15) is 51.0 Å². The van der Waals surface area contributed by atoms with Gasteiger partial charge in [-0.2, -0.15) is 0 Å². The number of rotatable bonds is 9. The molecule has 2 N–H and O–H groups in total. The molecule has 0 fully saturated rings. The number of thiocarbonyl (C=S) groups is 1. The fourth-order valence-corrected chi connectivity index (χ4v) is 2.03. The van der Waals surface area contributed by atoms with E-state index >= 15 is 0 Å². The zero-order valence-electron chi connectivity index (χ0n) is 11.2. The first-order chi connectivity index (χ1) is 8.75. The molecule has 0 bridgehead atoms. The second kappa shape index (κ2) is 8.92. The fourth-order valence-electron chi connectivity index (χ4n) is 1.86. The largest absolute Gasteiger partial charge is 0.493 e. The van der Waals surface area contributed by atoms with Gasteiger partial charge in [0.2, 0.25) is 0 Å². The molecule has 0 aliphatic heterocycles. The van der Waals surface area contributed by atoms with E-state index < -0.39 is 0 Å². The van der Waals surface area contributed by atoms with Gasteiger partial charge in [0.1, 0.15) is 10.7 Å². The van der Waals surface area contributed by atoms with E-state index in [0.29, 0.717) is 4.99 Å². The summed E-state index contributed by atoms with van der Waals surface area (Å²) < 4.78 is 5.74. The van der Waals surface area contributed by atoms with Crippen molar-refractivity contribution in [3.8, 4) is 5.75 Å². The van der Waals surface area contributed by atoms with Crippen molar-refractivity contribution in [2.45, 2.75) is 45.4 Å². The van der Waals surface area contributed by atoms with E-state index in [1.54, 1.807) is 0 Å². The molecule has 1 aromatic rings. The smallest absolute Gasteiger partial charge is 0.129 e. The van der Waals surface area contributed by atoms with Crippen LogP contribution in [0.25, 0.3) is 0 Å². The summed E-state index contributed by atoms with van der Waals surface area (Å²) in [5.41, 5.74) is 6.48. The summed E-state index contributed by atoms with van der Waals surface area (Å²) in [6.07, 6.45) is 7.59. The average Bonchev–Trinajstić information content (AvgIpc) is 2.38. The van der Waals surface area contributed by atoms with Crippen molar-refractivity contribution in [2.24, 2.45) is 5.73 Å². The molecule has 0 radical (unpaired) electrons. The van der Waals surface area contributed by atoms with Gasteiger partial charge in [-0.1, -0.05) is 63.4 Å². The Bertz CT molecular complexity index is 365. The Morgan fingerprint density at radius 2 is 1.78 bits per heavy atom. The number of hydrogen-bond acceptors (Lipinski definition) is 2. The van der Waals surface area contributed by atoms with E-state index in [9.17, 15) is 0 Å². The molecule has 3 heteroatoms. The van der Waals surface area contributed by atoms with Crippen LogP contribution in [0.2, 0.25) is 0 Å². The zero-order valence-corrected chi connectivity index (χ0v) is 12.0. The molecule has 0 heterocycles. The number of hydrogen-bond donors (Lipinski definition) is 1. The summed E-state index contributed by atoms with van der Waals surface area (Å²) >= 11 is 5.00. The van der Waals surface area contributed by atoms with Crippen molar-refractivity contribution >= 4 is 17.2 Å². The van der Waals surface area contributed by atoms with Gasteiger partial charge >= 0.3 is 0 Å². The van der Waals surface area contributed by atoms with Crippen molar-refractivity contribution < 1.29 is 4.74 Å². The highest BCUT2D eigenvalue weighted by atomic mass is 32.1. The van der Waals surface area contributed by atoms with Gasteiger partial charge in [-0.05, 0) is 18.6 Å². The van der Waals surface area contributed by atoms with Crippen LogP contribution in [-0.4, -0.2) is 11.6 Å². The molecule has 1 aromatic carbocycles. The second-order valence-electron chi connectivity index (χ2n) is 4.48. The van der Waals surface area contributed by atoms with Gasteiger partial charge in [0.15, 0.2) is 0 Å². The van der Waals surface area contributed by atoms with Gasteiger partial charge in [0.25, 0.3) is 0 Å². The van der Waals surface area contributed by atoms with Crippen LogP contribution in [0.15, 0.2) is 24.3 Å². The third kappa shape index (κ3) is 5.50. The zero-order chi connectivity index (χ0) is 13.2. The summed E-state index contributed by atoms with van der Waals surface area (Å²) in [5.74, 6) is 0.804. The molecule has 0 atom stereocenters. The number of unbranched alkanes of at least 4 members (excludes halogenated alkanes) is 5. The van der Waals surface area contributed by atoms with E-state index in [2.05, 4.69) is 6.92 Å². The first-order valence-electron chi connectivity index (χ1n) is 6.77. The molecular formula is C15H23NOS. The Kier molecular flexibility index (Phi) is 7.42. The van der Waals surface area contributed by atoms with Crippen LogP contribution in [-0.2, 0) is 0 Å². The Balaban J connectivity index is 2.25. The summed E-state index contributed by atoms with van der Waals surface area (Å²) in [7, 11) is 0. The summed E-state index contributed by atoms with van der Waals surface area (Å²) in [5, 5.41) is 0. The molecule has 1 rings (SSSR count). The van der Waals surface area contributed by atoms with Crippen LogP contribution >= 0.6 is 12.2 Å². The summed E-state index contributed by atoms with van der Waals surface area (Å²) in [4.78, 5) is 0.397. The van der Waals surface area contributed by atoms with E-state index in [4.69, 9.17) is 22.7 Å². The minimum absolute atomic E-state index is 0.397. The molecule has 100 valence electrons. The lowest BCUT2D eigenvalue weighted by atomic mass is 10.1. The number of para-hydroxylation sites is 1. The van der Waals surface area contributed by atoms with Gasteiger partial charge in [0, 0.05) is 0 Å². The highest BCUT2D eigenvalue weighted by Gasteiger charge is 2.04. The summed E-state index contributed by atoms with van der Waals surface area (Å²) in [6.45, 7) is 2.97. The second-order valence-corrected chi connectivity index (χ2v) is 4.92. The maximum absolute atomic E-state index is 5.74. The Labute approximate surface area is 116 Å². The van der Waals surface area contributed by atoms with Crippen LogP contribution in [0.3, 0.4) is 0 Å². The lowest BCUT2D eigenvalue weighted by Crippen LogP contribution is -2.12. The highest BCUT2D eigenvalue weighted by Crippen LogP contribution is 2.18. The molecule has 0 amide bonds. The third-order valence-electron chi connectivity index (χ3n) is 2.91. The molecule has 0 saturated heterocycles. The normalized spacial score (nSPS) is 10.3.